The predicted octanol–water partition coefficient (Wildman–Crippen LogP) is 1.66. The number of amides is 1. The van der Waals surface area contributed by atoms with E-state index >= 15 is 0 Å². The fraction of sp³-hybridized carbons (Fsp3) is 0.529. The molecule has 2 rings (SSSR count). The molecule has 24 heavy (non-hydrogen) atoms. The second-order valence-electron chi connectivity index (χ2n) is 5.69. The van der Waals surface area contributed by atoms with Gasteiger partial charge in [-0.1, -0.05) is 0 Å². The van der Waals surface area contributed by atoms with Crippen molar-refractivity contribution in [1.29, 1.82) is 0 Å². The third-order valence-electron chi connectivity index (χ3n) is 3.74. The minimum absolute atomic E-state index is 0.118. The van der Waals surface area contributed by atoms with Crippen LogP contribution in [-0.4, -0.2) is 61.9 Å². The smallest absolute Gasteiger partial charge is 0.341 e. The molecule has 0 radical (unpaired) electrons. The first-order chi connectivity index (χ1) is 11.5. The first-order valence-electron chi connectivity index (χ1n) is 7.96. The highest BCUT2D eigenvalue weighted by molar-refractivity contribution is 5.94. The maximum absolute atomic E-state index is 12.6. The lowest BCUT2D eigenvalue weighted by molar-refractivity contribution is -0.139. The van der Waals surface area contributed by atoms with E-state index in [0.717, 1.165) is 13.0 Å². The van der Waals surface area contributed by atoms with Crippen molar-refractivity contribution in [3.05, 3.63) is 23.8 Å². The summed E-state index contributed by atoms with van der Waals surface area (Å²) in [5.74, 6) is -0.155. The molecule has 132 valence electrons. The van der Waals surface area contributed by atoms with Crippen LogP contribution < -0.4 is 9.47 Å². The average molecular weight is 337 g/mol. The van der Waals surface area contributed by atoms with Gasteiger partial charge in [-0.2, -0.15) is 0 Å². The van der Waals surface area contributed by atoms with E-state index < -0.39 is 12.6 Å². The summed E-state index contributed by atoms with van der Waals surface area (Å²) in [4.78, 5) is 24.9. The van der Waals surface area contributed by atoms with E-state index in [9.17, 15) is 9.59 Å². The van der Waals surface area contributed by atoms with E-state index in [1.165, 1.54) is 0 Å². The lowest BCUT2D eigenvalue weighted by atomic mass is 10.1. The standard InChI is InChI=1S/C17H23NO6/c1-3-23-15-8-13(4-5-14(15)24-11-16(19)20)17(21)18(2)9-12-6-7-22-10-12/h4-5,8,12H,3,6-7,9-11H2,1-2H3,(H,19,20). The average Bonchev–Trinajstić information content (AvgIpc) is 3.06. The quantitative estimate of drug-likeness (QED) is 0.776. The molecule has 7 heteroatoms. The number of aliphatic carboxylic acids is 1. The Kier molecular flexibility index (Phi) is 6.43. The number of hydrogen-bond acceptors (Lipinski definition) is 5. The molecule has 7 nitrogen and oxygen atoms in total. The van der Waals surface area contributed by atoms with Crippen LogP contribution in [0.1, 0.15) is 23.7 Å². The maximum Gasteiger partial charge on any atom is 0.341 e. The van der Waals surface area contributed by atoms with Crippen LogP contribution in [0, 0.1) is 5.92 Å². The van der Waals surface area contributed by atoms with Gasteiger partial charge in [0.05, 0.1) is 13.2 Å². The maximum atomic E-state index is 12.6. The molecule has 0 aromatic heterocycles. The highest BCUT2D eigenvalue weighted by Gasteiger charge is 2.21. The van der Waals surface area contributed by atoms with E-state index in [2.05, 4.69) is 0 Å². The van der Waals surface area contributed by atoms with Gasteiger partial charge in [-0.15, -0.1) is 0 Å². The van der Waals surface area contributed by atoms with E-state index in [-0.39, 0.29) is 5.91 Å². The summed E-state index contributed by atoms with van der Waals surface area (Å²) in [6.07, 6.45) is 0.962. The molecule has 1 aromatic rings. The molecule has 1 heterocycles. The molecule has 1 N–H and O–H groups in total. The van der Waals surface area contributed by atoms with E-state index in [4.69, 9.17) is 19.3 Å². The summed E-state index contributed by atoms with van der Waals surface area (Å²) < 4.78 is 16.0. The van der Waals surface area contributed by atoms with Crippen LogP contribution >= 0.6 is 0 Å². The van der Waals surface area contributed by atoms with Gasteiger partial charge in [0.25, 0.3) is 5.91 Å². The summed E-state index contributed by atoms with van der Waals surface area (Å²) in [5, 5.41) is 8.71. The van der Waals surface area contributed by atoms with Gasteiger partial charge in [-0.05, 0) is 31.5 Å². The van der Waals surface area contributed by atoms with Crippen molar-refractivity contribution < 1.29 is 28.9 Å². The van der Waals surface area contributed by atoms with Crippen LogP contribution in [0.25, 0.3) is 0 Å². The Labute approximate surface area is 141 Å². The van der Waals surface area contributed by atoms with E-state index in [0.29, 0.717) is 42.7 Å². The van der Waals surface area contributed by atoms with Crippen molar-refractivity contribution >= 4 is 11.9 Å². The van der Waals surface area contributed by atoms with Gasteiger partial charge in [0, 0.05) is 31.7 Å². The number of carbonyl (C=O) groups is 2. The van der Waals surface area contributed by atoms with Gasteiger partial charge in [-0.3, -0.25) is 4.79 Å². The second-order valence-corrected chi connectivity index (χ2v) is 5.69. The van der Waals surface area contributed by atoms with Gasteiger partial charge >= 0.3 is 5.97 Å². The third kappa shape index (κ3) is 4.86. The number of benzene rings is 1. The summed E-state index contributed by atoms with van der Waals surface area (Å²) in [7, 11) is 1.76. The number of carbonyl (C=O) groups excluding carboxylic acids is 1. The van der Waals surface area contributed by atoms with E-state index in [1.54, 1.807) is 30.1 Å². The number of ether oxygens (including phenoxy) is 3. The number of nitrogens with zero attached hydrogens (tertiary/aromatic N) is 1. The first kappa shape index (κ1) is 18.1. The van der Waals surface area contributed by atoms with Crippen molar-refractivity contribution in [2.75, 3.05) is 40.0 Å². The molecular formula is C17H23NO6. The van der Waals surface area contributed by atoms with Crippen LogP contribution in [-0.2, 0) is 9.53 Å². The van der Waals surface area contributed by atoms with Crippen molar-refractivity contribution in [2.24, 2.45) is 5.92 Å². The number of carboxylic acid groups (broad SMARTS) is 1. The SMILES string of the molecule is CCOc1cc(C(=O)N(C)CC2CCOC2)ccc1OCC(=O)O. The molecule has 0 aliphatic carbocycles. The van der Waals surface area contributed by atoms with Crippen LogP contribution in [0.3, 0.4) is 0 Å². The molecular weight excluding hydrogens is 314 g/mol. The lowest BCUT2D eigenvalue weighted by Gasteiger charge is -2.21. The molecule has 1 aliphatic heterocycles. The predicted molar refractivity (Wildman–Crippen MR) is 86.6 cm³/mol. The lowest BCUT2D eigenvalue weighted by Crippen LogP contribution is -2.32. The van der Waals surface area contributed by atoms with E-state index in [1.807, 2.05) is 6.92 Å². The normalized spacial score (nSPS) is 16.7. The first-order valence-corrected chi connectivity index (χ1v) is 7.96. The Morgan fingerprint density at radius 3 is 2.75 bits per heavy atom. The van der Waals surface area contributed by atoms with Crippen molar-refractivity contribution in [3.63, 3.8) is 0 Å². The molecule has 1 atom stereocenters. The molecule has 1 unspecified atom stereocenters. The Balaban J connectivity index is 2.09. The third-order valence-corrected chi connectivity index (χ3v) is 3.74. The molecule has 1 saturated heterocycles. The number of carboxylic acids is 1. The topological polar surface area (TPSA) is 85.3 Å². The van der Waals surface area contributed by atoms with Crippen LogP contribution in [0.15, 0.2) is 18.2 Å². The molecule has 1 aromatic carbocycles. The summed E-state index contributed by atoms with van der Waals surface area (Å²) >= 11 is 0. The Morgan fingerprint density at radius 2 is 2.12 bits per heavy atom. The Bertz CT molecular complexity index is 582. The van der Waals surface area contributed by atoms with Crippen molar-refractivity contribution in [2.45, 2.75) is 13.3 Å². The Hall–Kier alpha value is -2.28. The largest absolute Gasteiger partial charge is 0.490 e. The number of rotatable bonds is 8. The fourth-order valence-corrected chi connectivity index (χ4v) is 2.59. The summed E-state index contributed by atoms with van der Waals surface area (Å²) in [6, 6.07) is 4.77. The second kappa shape index (κ2) is 8.54. The molecule has 1 amide bonds. The summed E-state index contributed by atoms with van der Waals surface area (Å²) in [6.45, 7) is 3.80. The highest BCUT2D eigenvalue weighted by Crippen LogP contribution is 2.29. The molecule has 0 spiro atoms. The van der Waals surface area contributed by atoms with Gasteiger partial charge in [0.2, 0.25) is 0 Å². The van der Waals surface area contributed by atoms with Crippen LogP contribution in [0.2, 0.25) is 0 Å². The minimum atomic E-state index is -1.07. The minimum Gasteiger partial charge on any atom is -0.490 e. The fourth-order valence-electron chi connectivity index (χ4n) is 2.59. The summed E-state index contributed by atoms with van der Waals surface area (Å²) in [5.41, 5.74) is 0.475. The van der Waals surface area contributed by atoms with Gasteiger partial charge in [0.1, 0.15) is 0 Å². The molecule has 0 bridgehead atoms. The zero-order valence-corrected chi connectivity index (χ0v) is 14.0. The van der Waals surface area contributed by atoms with Gasteiger partial charge in [0.15, 0.2) is 18.1 Å². The van der Waals surface area contributed by atoms with Crippen molar-refractivity contribution in [3.8, 4) is 11.5 Å². The number of hydrogen-bond donors (Lipinski definition) is 1. The monoisotopic (exact) mass is 337 g/mol. The highest BCUT2D eigenvalue weighted by atomic mass is 16.5. The van der Waals surface area contributed by atoms with Gasteiger partial charge in [-0.25, -0.2) is 4.79 Å². The van der Waals surface area contributed by atoms with Crippen LogP contribution in [0.5, 0.6) is 11.5 Å². The molecule has 1 fully saturated rings. The Morgan fingerprint density at radius 1 is 1.33 bits per heavy atom. The molecule has 1 aliphatic rings. The van der Waals surface area contributed by atoms with Crippen molar-refractivity contribution in [1.82, 2.24) is 4.90 Å². The zero-order valence-electron chi connectivity index (χ0n) is 14.0. The van der Waals surface area contributed by atoms with Crippen LogP contribution in [0.4, 0.5) is 0 Å². The van der Waals surface area contributed by atoms with Gasteiger partial charge < -0.3 is 24.2 Å². The molecule has 0 saturated carbocycles. The zero-order chi connectivity index (χ0) is 17.5.